The van der Waals surface area contributed by atoms with E-state index in [1.165, 1.54) is 6.42 Å². The molecule has 1 heterocycles. The van der Waals surface area contributed by atoms with Crippen LogP contribution in [0.25, 0.3) is 0 Å². The molecule has 1 unspecified atom stereocenters. The number of unbranched alkanes of at least 4 members (excludes halogenated alkanes) is 1. The lowest BCUT2D eigenvalue weighted by molar-refractivity contribution is 0.0952. The smallest absolute Gasteiger partial charge is 0.251 e. The van der Waals surface area contributed by atoms with E-state index < -0.39 is 0 Å². The van der Waals surface area contributed by atoms with Crippen molar-refractivity contribution in [2.45, 2.75) is 31.7 Å². The number of carbonyl (C=O) groups excluding carboxylic acids is 1. The Kier molecular flexibility index (Phi) is 6.68. The highest BCUT2D eigenvalue weighted by atomic mass is 16.5. The number of hydrogen-bond acceptors (Lipinski definition) is 4. The molecular weight excluding hydrogens is 280 g/mol. The van der Waals surface area contributed by atoms with Crippen molar-refractivity contribution in [3.8, 4) is 5.75 Å². The minimum Gasteiger partial charge on any atom is -0.497 e. The summed E-state index contributed by atoms with van der Waals surface area (Å²) >= 11 is 0. The first-order valence-electron chi connectivity index (χ1n) is 8.01. The molecule has 5 nitrogen and oxygen atoms in total. The van der Waals surface area contributed by atoms with Crippen LogP contribution in [0.4, 0.5) is 0 Å². The number of rotatable bonds is 8. The molecule has 0 bridgehead atoms. The van der Waals surface area contributed by atoms with Crippen LogP contribution in [0.5, 0.6) is 5.75 Å². The quantitative estimate of drug-likeness (QED) is 0.717. The predicted molar refractivity (Wildman–Crippen MR) is 86.2 cm³/mol. The van der Waals surface area contributed by atoms with Crippen molar-refractivity contribution in [1.29, 1.82) is 0 Å². The van der Waals surface area contributed by atoms with E-state index in [4.69, 9.17) is 4.74 Å². The van der Waals surface area contributed by atoms with Crippen molar-refractivity contribution in [2.24, 2.45) is 0 Å². The van der Waals surface area contributed by atoms with Gasteiger partial charge in [-0.05, 0) is 63.0 Å². The number of methoxy groups -OCH3 is 1. The van der Waals surface area contributed by atoms with Crippen LogP contribution in [-0.4, -0.2) is 55.3 Å². The molecule has 1 amide bonds. The summed E-state index contributed by atoms with van der Waals surface area (Å²) in [7, 11) is 1.61. The third-order valence-corrected chi connectivity index (χ3v) is 4.22. The molecule has 5 heteroatoms. The number of aliphatic hydroxyl groups excluding tert-OH is 1. The van der Waals surface area contributed by atoms with E-state index in [-0.39, 0.29) is 12.5 Å². The van der Waals surface area contributed by atoms with Crippen LogP contribution in [0.3, 0.4) is 0 Å². The summed E-state index contributed by atoms with van der Waals surface area (Å²) in [6.45, 7) is 3.03. The molecule has 1 aromatic carbocycles. The summed E-state index contributed by atoms with van der Waals surface area (Å²) in [5, 5.41) is 12.2. The van der Waals surface area contributed by atoms with Gasteiger partial charge in [0, 0.05) is 18.2 Å². The van der Waals surface area contributed by atoms with E-state index in [1.807, 2.05) is 0 Å². The normalized spacial score (nSPS) is 18.4. The summed E-state index contributed by atoms with van der Waals surface area (Å²) in [6, 6.07) is 7.46. The molecule has 0 spiro atoms. The van der Waals surface area contributed by atoms with Crippen LogP contribution < -0.4 is 10.1 Å². The molecule has 2 rings (SSSR count). The van der Waals surface area contributed by atoms with E-state index in [9.17, 15) is 9.90 Å². The molecule has 0 aromatic heterocycles. The molecule has 1 atom stereocenters. The average Bonchev–Trinajstić information content (AvgIpc) is 3.02. The lowest BCUT2D eigenvalue weighted by Crippen LogP contribution is -2.33. The number of ether oxygens (including phenoxy) is 1. The average molecular weight is 306 g/mol. The fraction of sp³-hybridized carbons (Fsp3) is 0.588. The Bertz CT molecular complexity index is 461. The first-order chi connectivity index (χ1) is 10.7. The number of nitrogens with one attached hydrogen (secondary N) is 1. The zero-order valence-corrected chi connectivity index (χ0v) is 13.3. The summed E-state index contributed by atoms with van der Waals surface area (Å²) in [5.74, 6) is 0.706. The zero-order valence-electron chi connectivity index (χ0n) is 13.3. The highest BCUT2D eigenvalue weighted by molar-refractivity contribution is 5.94. The van der Waals surface area contributed by atoms with E-state index in [2.05, 4.69) is 10.2 Å². The third-order valence-electron chi connectivity index (χ3n) is 4.22. The first-order valence-corrected chi connectivity index (χ1v) is 8.01. The molecule has 22 heavy (non-hydrogen) atoms. The van der Waals surface area contributed by atoms with Gasteiger partial charge >= 0.3 is 0 Å². The SMILES string of the molecule is COc1ccc(C(=O)NCCCCN2CCCC2CO)cc1. The van der Waals surface area contributed by atoms with Gasteiger partial charge in [0.15, 0.2) is 0 Å². The largest absolute Gasteiger partial charge is 0.497 e. The maximum Gasteiger partial charge on any atom is 0.251 e. The van der Waals surface area contributed by atoms with Crippen LogP contribution in [0, 0.1) is 0 Å². The number of aliphatic hydroxyl groups is 1. The summed E-state index contributed by atoms with van der Waals surface area (Å²) < 4.78 is 5.07. The molecule has 1 saturated heterocycles. The number of benzene rings is 1. The molecule has 0 aliphatic carbocycles. The monoisotopic (exact) mass is 306 g/mol. The number of carbonyl (C=O) groups is 1. The van der Waals surface area contributed by atoms with Gasteiger partial charge in [0.25, 0.3) is 5.91 Å². The Morgan fingerprint density at radius 2 is 2.14 bits per heavy atom. The molecule has 1 aliphatic heterocycles. The molecule has 0 saturated carbocycles. The Hall–Kier alpha value is -1.59. The van der Waals surface area contributed by atoms with Crippen LogP contribution in [0.2, 0.25) is 0 Å². The van der Waals surface area contributed by atoms with Gasteiger partial charge in [-0.15, -0.1) is 0 Å². The van der Waals surface area contributed by atoms with Crippen LogP contribution >= 0.6 is 0 Å². The Labute approximate surface area is 132 Å². The highest BCUT2D eigenvalue weighted by Crippen LogP contribution is 2.16. The minimum absolute atomic E-state index is 0.0444. The van der Waals surface area contributed by atoms with E-state index in [0.717, 1.165) is 38.1 Å². The van der Waals surface area contributed by atoms with Gasteiger partial charge in [-0.3, -0.25) is 9.69 Å². The zero-order chi connectivity index (χ0) is 15.8. The number of likely N-dealkylation sites (tertiary alicyclic amines) is 1. The topological polar surface area (TPSA) is 61.8 Å². The fourth-order valence-corrected chi connectivity index (χ4v) is 2.88. The Morgan fingerprint density at radius 1 is 1.36 bits per heavy atom. The van der Waals surface area contributed by atoms with Crippen molar-refractivity contribution < 1.29 is 14.6 Å². The van der Waals surface area contributed by atoms with Crippen LogP contribution in [-0.2, 0) is 0 Å². The van der Waals surface area contributed by atoms with Gasteiger partial charge in [0.05, 0.1) is 13.7 Å². The molecule has 1 fully saturated rings. The van der Waals surface area contributed by atoms with Gasteiger partial charge in [0.1, 0.15) is 5.75 Å². The minimum atomic E-state index is -0.0444. The fourth-order valence-electron chi connectivity index (χ4n) is 2.88. The molecule has 1 aliphatic rings. The molecule has 1 aromatic rings. The highest BCUT2D eigenvalue weighted by Gasteiger charge is 2.22. The van der Waals surface area contributed by atoms with Crippen molar-refractivity contribution >= 4 is 5.91 Å². The van der Waals surface area contributed by atoms with Crippen molar-refractivity contribution in [3.63, 3.8) is 0 Å². The molecule has 2 N–H and O–H groups in total. The van der Waals surface area contributed by atoms with Gasteiger partial charge < -0.3 is 15.2 Å². The summed E-state index contributed by atoms with van der Waals surface area (Å²) in [6.07, 6.45) is 4.28. The Morgan fingerprint density at radius 3 is 2.82 bits per heavy atom. The summed E-state index contributed by atoms with van der Waals surface area (Å²) in [5.41, 5.74) is 0.653. The Balaban J connectivity index is 1.62. The molecule has 0 radical (unpaired) electrons. The van der Waals surface area contributed by atoms with Gasteiger partial charge in [-0.25, -0.2) is 0 Å². The summed E-state index contributed by atoms with van der Waals surface area (Å²) in [4.78, 5) is 14.3. The van der Waals surface area contributed by atoms with Crippen molar-refractivity contribution in [1.82, 2.24) is 10.2 Å². The van der Waals surface area contributed by atoms with Gasteiger partial charge in [0.2, 0.25) is 0 Å². The van der Waals surface area contributed by atoms with Crippen molar-refractivity contribution in [3.05, 3.63) is 29.8 Å². The van der Waals surface area contributed by atoms with Crippen molar-refractivity contribution in [2.75, 3.05) is 33.4 Å². The maximum atomic E-state index is 12.0. The second-order valence-corrected chi connectivity index (χ2v) is 5.71. The third kappa shape index (κ3) is 4.71. The van der Waals surface area contributed by atoms with Crippen LogP contribution in [0.1, 0.15) is 36.0 Å². The predicted octanol–water partition coefficient (Wildman–Crippen LogP) is 1.66. The lowest BCUT2D eigenvalue weighted by atomic mass is 10.2. The standard InChI is InChI=1S/C17H26N2O3/c1-22-16-8-6-14(7-9-16)17(21)18-10-2-3-11-19-12-4-5-15(19)13-20/h6-9,15,20H,2-5,10-13H2,1H3,(H,18,21). The van der Waals surface area contributed by atoms with E-state index in [0.29, 0.717) is 18.2 Å². The van der Waals surface area contributed by atoms with Gasteiger partial charge in [-0.1, -0.05) is 0 Å². The van der Waals surface area contributed by atoms with E-state index in [1.54, 1.807) is 31.4 Å². The second kappa shape index (κ2) is 8.76. The maximum absolute atomic E-state index is 12.0. The van der Waals surface area contributed by atoms with Crippen LogP contribution in [0.15, 0.2) is 24.3 Å². The number of amides is 1. The first kappa shape index (κ1) is 16.8. The number of hydrogen-bond donors (Lipinski definition) is 2. The van der Waals surface area contributed by atoms with Gasteiger partial charge in [-0.2, -0.15) is 0 Å². The lowest BCUT2D eigenvalue weighted by Gasteiger charge is -2.22. The number of nitrogens with zero attached hydrogens (tertiary/aromatic N) is 1. The second-order valence-electron chi connectivity index (χ2n) is 5.71. The van der Waals surface area contributed by atoms with E-state index >= 15 is 0 Å². The molecular formula is C17H26N2O3. The molecule has 122 valence electrons.